The van der Waals surface area contributed by atoms with Crippen LogP contribution in [0.5, 0.6) is 0 Å². The largest absolute Gasteiger partial charge is 0.457 e. The number of hydrogen-bond donors (Lipinski definition) is 1. The van der Waals surface area contributed by atoms with Crippen molar-refractivity contribution in [1.29, 1.82) is 5.26 Å². The fourth-order valence-corrected chi connectivity index (χ4v) is 3.12. The lowest BCUT2D eigenvalue weighted by molar-refractivity contribution is -0.126. The van der Waals surface area contributed by atoms with Crippen molar-refractivity contribution in [3.8, 4) is 6.07 Å². The number of halogens is 2. The van der Waals surface area contributed by atoms with Crippen LogP contribution in [0.2, 0.25) is 0 Å². The number of furan rings is 1. The van der Waals surface area contributed by atoms with Crippen LogP contribution in [0.25, 0.3) is 11.6 Å². The summed E-state index contributed by atoms with van der Waals surface area (Å²) in [6.45, 7) is 1.55. The molecule has 3 rings (SSSR count). The maximum absolute atomic E-state index is 12.1. The summed E-state index contributed by atoms with van der Waals surface area (Å²) in [5.74, 6) is -0.377. The van der Waals surface area contributed by atoms with E-state index >= 15 is 0 Å². The standard InChI is InChI=1S/C19H12Cl2N2O3/c1-10-14(18(24)23-19(25)15(10)9-22)8-12-5-6-17(26-12)13-4-2-3-11(20)7-16(13)21/h2,4-8H,3H2,1H3,(H,23,24,25)/b14-8+. The summed E-state index contributed by atoms with van der Waals surface area (Å²) in [7, 11) is 0. The van der Waals surface area contributed by atoms with Crippen molar-refractivity contribution in [2.24, 2.45) is 0 Å². The summed E-state index contributed by atoms with van der Waals surface area (Å²) in [5.41, 5.74) is 1.07. The number of amides is 2. The maximum Gasteiger partial charge on any atom is 0.269 e. The second kappa shape index (κ2) is 7.20. The summed E-state index contributed by atoms with van der Waals surface area (Å²) in [5, 5.41) is 12.3. The first kappa shape index (κ1) is 18.0. The Morgan fingerprint density at radius 2 is 2.04 bits per heavy atom. The number of allylic oxidation sites excluding steroid dienone is 6. The van der Waals surface area contributed by atoms with Gasteiger partial charge in [-0.2, -0.15) is 5.26 Å². The number of hydrogen-bond acceptors (Lipinski definition) is 4. The number of nitrogens with zero attached hydrogens (tertiary/aromatic N) is 1. The summed E-state index contributed by atoms with van der Waals surface area (Å²) in [6.07, 6.45) is 7.40. The molecule has 1 aromatic rings. The van der Waals surface area contributed by atoms with Gasteiger partial charge in [0.25, 0.3) is 11.8 Å². The Morgan fingerprint density at radius 1 is 1.27 bits per heavy atom. The van der Waals surface area contributed by atoms with Gasteiger partial charge in [0.05, 0.1) is 5.03 Å². The van der Waals surface area contributed by atoms with Gasteiger partial charge < -0.3 is 4.42 Å². The van der Waals surface area contributed by atoms with Crippen LogP contribution in [-0.2, 0) is 9.59 Å². The highest BCUT2D eigenvalue weighted by atomic mass is 35.5. The molecule has 2 aliphatic rings. The molecule has 0 bridgehead atoms. The van der Waals surface area contributed by atoms with Crippen molar-refractivity contribution in [3.05, 3.63) is 68.7 Å². The predicted molar refractivity (Wildman–Crippen MR) is 98.6 cm³/mol. The van der Waals surface area contributed by atoms with Crippen LogP contribution >= 0.6 is 23.2 Å². The highest BCUT2D eigenvalue weighted by Crippen LogP contribution is 2.31. The molecule has 0 aromatic carbocycles. The van der Waals surface area contributed by atoms with Gasteiger partial charge in [0.2, 0.25) is 0 Å². The van der Waals surface area contributed by atoms with Gasteiger partial charge in [0.1, 0.15) is 23.2 Å². The Morgan fingerprint density at radius 3 is 2.77 bits per heavy atom. The van der Waals surface area contributed by atoms with Crippen LogP contribution in [0.15, 0.2) is 61.6 Å². The second-order valence-electron chi connectivity index (χ2n) is 5.61. The zero-order valence-corrected chi connectivity index (χ0v) is 15.1. The third-order valence-electron chi connectivity index (χ3n) is 3.91. The highest BCUT2D eigenvalue weighted by molar-refractivity contribution is 6.37. The molecule has 1 aliphatic heterocycles. The number of carbonyl (C=O) groups excluding carboxylic acids is 2. The van der Waals surface area contributed by atoms with Gasteiger partial charge in [0, 0.05) is 22.6 Å². The SMILES string of the molecule is CC1=C(C#N)C(=O)NC(=O)/C1=C/c1ccc(C2=C(Cl)C=C(Cl)CC=C2)o1. The fourth-order valence-electron chi connectivity index (χ4n) is 2.58. The minimum absolute atomic E-state index is 0.0973. The summed E-state index contributed by atoms with van der Waals surface area (Å²) < 4.78 is 5.77. The summed E-state index contributed by atoms with van der Waals surface area (Å²) >= 11 is 12.3. The first-order chi connectivity index (χ1) is 12.4. The van der Waals surface area contributed by atoms with Crippen LogP contribution in [-0.4, -0.2) is 11.8 Å². The van der Waals surface area contributed by atoms with Crippen molar-refractivity contribution >= 4 is 46.7 Å². The van der Waals surface area contributed by atoms with Crippen LogP contribution in [0.3, 0.4) is 0 Å². The average Bonchev–Trinajstić information content (AvgIpc) is 2.96. The number of rotatable bonds is 2. The number of imide groups is 1. The number of nitriles is 1. The van der Waals surface area contributed by atoms with Gasteiger partial charge in [-0.15, -0.1) is 0 Å². The Bertz CT molecular complexity index is 1010. The smallest absolute Gasteiger partial charge is 0.269 e. The van der Waals surface area contributed by atoms with Crippen LogP contribution in [0.1, 0.15) is 24.9 Å². The molecule has 2 amide bonds. The topological polar surface area (TPSA) is 83.1 Å². The molecule has 1 aromatic heterocycles. The molecule has 0 spiro atoms. The second-order valence-corrected chi connectivity index (χ2v) is 6.51. The predicted octanol–water partition coefficient (Wildman–Crippen LogP) is 4.19. The molecule has 7 heteroatoms. The monoisotopic (exact) mass is 386 g/mol. The minimum atomic E-state index is -0.698. The molecule has 1 N–H and O–H groups in total. The minimum Gasteiger partial charge on any atom is -0.457 e. The molecular weight excluding hydrogens is 375 g/mol. The van der Waals surface area contributed by atoms with Gasteiger partial charge in [-0.05, 0) is 36.8 Å². The molecule has 1 aliphatic carbocycles. The van der Waals surface area contributed by atoms with Crippen molar-refractivity contribution in [1.82, 2.24) is 5.32 Å². The van der Waals surface area contributed by atoms with Crippen LogP contribution in [0.4, 0.5) is 0 Å². The van der Waals surface area contributed by atoms with E-state index in [1.807, 2.05) is 12.2 Å². The molecule has 0 radical (unpaired) electrons. The lowest BCUT2D eigenvalue weighted by Gasteiger charge is -2.15. The molecule has 0 saturated heterocycles. The van der Waals surface area contributed by atoms with E-state index < -0.39 is 11.8 Å². The molecular formula is C19H12Cl2N2O3. The lowest BCUT2D eigenvalue weighted by atomic mass is 9.96. The summed E-state index contributed by atoms with van der Waals surface area (Å²) in [4.78, 5) is 23.7. The Hall–Kier alpha value is -2.81. The van der Waals surface area contributed by atoms with E-state index in [1.165, 1.54) is 6.08 Å². The van der Waals surface area contributed by atoms with E-state index in [-0.39, 0.29) is 11.1 Å². The zero-order chi connectivity index (χ0) is 18.8. The van der Waals surface area contributed by atoms with E-state index in [2.05, 4.69) is 5.32 Å². The van der Waals surface area contributed by atoms with Gasteiger partial charge in [-0.25, -0.2) is 0 Å². The van der Waals surface area contributed by atoms with Crippen LogP contribution in [0, 0.1) is 11.3 Å². The van der Waals surface area contributed by atoms with Gasteiger partial charge in [-0.3, -0.25) is 14.9 Å². The Labute approximate surface area is 159 Å². The van der Waals surface area contributed by atoms with Crippen molar-refractivity contribution in [3.63, 3.8) is 0 Å². The quantitative estimate of drug-likeness (QED) is 0.609. The molecule has 2 heterocycles. The van der Waals surface area contributed by atoms with Crippen molar-refractivity contribution in [2.45, 2.75) is 13.3 Å². The molecule has 5 nitrogen and oxygen atoms in total. The fraction of sp³-hybridized carbons (Fsp3) is 0.105. The van der Waals surface area contributed by atoms with Gasteiger partial charge in [0.15, 0.2) is 0 Å². The van der Waals surface area contributed by atoms with E-state index in [9.17, 15) is 9.59 Å². The van der Waals surface area contributed by atoms with Gasteiger partial charge >= 0.3 is 0 Å². The molecule has 0 saturated carbocycles. The highest BCUT2D eigenvalue weighted by Gasteiger charge is 2.27. The number of nitrogens with one attached hydrogen (secondary N) is 1. The lowest BCUT2D eigenvalue weighted by Crippen LogP contribution is -2.37. The van der Waals surface area contributed by atoms with E-state index in [0.29, 0.717) is 39.2 Å². The molecule has 0 unspecified atom stereocenters. The third-order valence-corrected chi connectivity index (χ3v) is 4.48. The van der Waals surface area contributed by atoms with Crippen molar-refractivity contribution < 1.29 is 14.0 Å². The molecule has 26 heavy (non-hydrogen) atoms. The first-order valence-corrected chi connectivity index (χ1v) is 8.37. The molecule has 0 atom stereocenters. The zero-order valence-electron chi connectivity index (χ0n) is 13.6. The normalized spacial score (nSPS) is 19.5. The van der Waals surface area contributed by atoms with E-state index in [1.54, 1.807) is 31.2 Å². The third kappa shape index (κ3) is 3.43. The average molecular weight is 387 g/mol. The molecule has 130 valence electrons. The number of carbonyl (C=O) groups is 2. The first-order valence-electron chi connectivity index (χ1n) is 7.62. The van der Waals surface area contributed by atoms with Crippen LogP contribution < -0.4 is 5.32 Å². The Balaban J connectivity index is 2.01. The van der Waals surface area contributed by atoms with E-state index in [4.69, 9.17) is 32.9 Å². The maximum atomic E-state index is 12.1. The van der Waals surface area contributed by atoms with Gasteiger partial charge in [-0.1, -0.05) is 35.4 Å². The Kier molecular flexibility index (Phi) is 4.99. The van der Waals surface area contributed by atoms with Crippen molar-refractivity contribution in [2.75, 3.05) is 0 Å². The summed E-state index contributed by atoms with van der Waals surface area (Å²) in [6, 6.07) is 5.20. The van der Waals surface area contributed by atoms with E-state index in [0.717, 1.165) is 0 Å². The molecule has 0 fully saturated rings.